The lowest BCUT2D eigenvalue weighted by molar-refractivity contribution is -0.117. The Labute approximate surface area is 169 Å². The van der Waals surface area contributed by atoms with Crippen LogP contribution in [0, 0.1) is 0 Å². The molecule has 4 heterocycles. The minimum Gasteiger partial charge on any atom is -0.310 e. The zero-order valence-corrected chi connectivity index (χ0v) is 16.6. The Hall–Kier alpha value is -2.84. The molecule has 3 aromatic heterocycles. The highest BCUT2D eigenvalue weighted by molar-refractivity contribution is 5.93. The summed E-state index contributed by atoms with van der Waals surface area (Å²) in [6.45, 7) is 4.43. The van der Waals surface area contributed by atoms with E-state index in [2.05, 4.69) is 25.2 Å². The Morgan fingerprint density at radius 1 is 1.17 bits per heavy atom. The van der Waals surface area contributed by atoms with Crippen LogP contribution in [0.1, 0.15) is 12.8 Å². The van der Waals surface area contributed by atoms with Crippen LogP contribution in [0.2, 0.25) is 0 Å². The van der Waals surface area contributed by atoms with Gasteiger partial charge in [-0.3, -0.25) is 19.3 Å². The van der Waals surface area contributed by atoms with Crippen LogP contribution in [0.3, 0.4) is 0 Å². The van der Waals surface area contributed by atoms with Crippen LogP contribution in [0.4, 0.5) is 5.82 Å². The number of nitrogens with one attached hydrogen (secondary N) is 1. The SMILES string of the molecule is Cn1cc(-c2ccc3cnc(NC(=O)CN4CCN(C5CC5)CC4)cc3n2)cn1. The molecule has 0 radical (unpaired) electrons. The minimum atomic E-state index is -0.0277. The summed E-state index contributed by atoms with van der Waals surface area (Å²) in [6.07, 6.45) is 8.15. The number of carbonyl (C=O) groups is 1. The number of amides is 1. The Morgan fingerprint density at radius 2 is 2.00 bits per heavy atom. The number of hydrogen-bond donors (Lipinski definition) is 1. The number of aromatic nitrogens is 4. The molecule has 1 saturated carbocycles. The van der Waals surface area contributed by atoms with Crippen molar-refractivity contribution in [1.82, 2.24) is 29.5 Å². The second-order valence-corrected chi connectivity index (χ2v) is 7.95. The zero-order valence-electron chi connectivity index (χ0n) is 16.6. The molecule has 5 rings (SSSR count). The van der Waals surface area contributed by atoms with E-state index in [-0.39, 0.29) is 5.91 Å². The maximum absolute atomic E-state index is 12.5. The monoisotopic (exact) mass is 391 g/mol. The number of hydrogen-bond acceptors (Lipinski definition) is 6. The molecule has 0 spiro atoms. The fourth-order valence-corrected chi connectivity index (χ4v) is 3.91. The fourth-order valence-electron chi connectivity index (χ4n) is 3.91. The van der Waals surface area contributed by atoms with Crippen LogP contribution in [-0.2, 0) is 11.8 Å². The Kier molecular flexibility index (Phi) is 4.73. The van der Waals surface area contributed by atoms with Crippen LogP contribution in [0.25, 0.3) is 22.2 Å². The number of carbonyl (C=O) groups excluding carboxylic acids is 1. The lowest BCUT2D eigenvalue weighted by atomic mass is 10.2. The molecular weight excluding hydrogens is 366 g/mol. The van der Waals surface area contributed by atoms with E-state index in [0.29, 0.717) is 12.4 Å². The van der Waals surface area contributed by atoms with Crippen molar-refractivity contribution < 1.29 is 4.79 Å². The van der Waals surface area contributed by atoms with Crippen molar-refractivity contribution in [2.75, 3.05) is 38.0 Å². The van der Waals surface area contributed by atoms with Gasteiger partial charge < -0.3 is 5.32 Å². The Bertz CT molecular complexity index is 1030. The number of piperazine rings is 1. The van der Waals surface area contributed by atoms with Crippen LogP contribution in [-0.4, -0.2) is 74.2 Å². The molecule has 150 valence electrons. The van der Waals surface area contributed by atoms with Crippen molar-refractivity contribution in [3.05, 3.63) is 36.8 Å². The first kappa shape index (κ1) is 18.2. The molecule has 1 saturated heterocycles. The second kappa shape index (κ2) is 7.53. The Balaban J connectivity index is 1.24. The van der Waals surface area contributed by atoms with Gasteiger partial charge in [0, 0.05) is 68.7 Å². The molecule has 29 heavy (non-hydrogen) atoms. The van der Waals surface area contributed by atoms with Gasteiger partial charge in [-0.2, -0.15) is 5.10 Å². The van der Waals surface area contributed by atoms with Crippen LogP contribution < -0.4 is 5.32 Å². The maximum Gasteiger partial charge on any atom is 0.239 e. The quantitative estimate of drug-likeness (QED) is 0.714. The summed E-state index contributed by atoms with van der Waals surface area (Å²) in [4.78, 5) is 26.3. The molecule has 1 aliphatic carbocycles. The number of anilines is 1. The maximum atomic E-state index is 12.5. The highest BCUT2D eigenvalue weighted by Crippen LogP contribution is 2.27. The second-order valence-electron chi connectivity index (χ2n) is 7.95. The number of aryl methyl sites for hydroxylation is 1. The number of fused-ring (bicyclic) bond motifs is 1. The molecule has 0 aromatic carbocycles. The molecule has 8 heteroatoms. The van der Waals surface area contributed by atoms with Gasteiger partial charge in [0.25, 0.3) is 0 Å². The average Bonchev–Trinajstić information content (AvgIpc) is 3.48. The third kappa shape index (κ3) is 4.13. The van der Waals surface area contributed by atoms with Gasteiger partial charge in [-0.15, -0.1) is 0 Å². The van der Waals surface area contributed by atoms with E-state index in [4.69, 9.17) is 4.98 Å². The molecule has 2 fully saturated rings. The van der Waals surface area contributed by atoms with Gasteiger partial charge in [0.05, 0.1) is 24.0 Å². The standard InChI is InChI=1S/C21H25N7O/c1-26-13-16(12-23-26)18-5-2-15-11-22-20(10-19(15)24-18)25-21(29)14-27-6-8-28(9-7-27)17-3-4-17/h2,5,10-13,17H,3-4,6-9,14H2,1H3,(H,22,25,29). The van der Waals surface area contributed by atoms with Gasteiger partial charge in [0.15, 0.2) is 0 Å². The van der Waals surface area contributed by atoms with Crippen molar-refractivity contribution in [1.29, 1.82) is 0 Å². The number of pyridine rings is 2. The van der Waals surface area contributed by atoms with E-state index in [0.717, 1.165) is 54.4 Å². The van der Waals surface area contributed by atoms with E-state index < -0.39 is 0 Å². The lowest BCUT2D eigenvalue weighted by Gasteiger charge is -2.34. The molecule has 8 nitrogen and oxygen atoms in total. The first-order valence-corrected chi connectivity index (χ1v) is 10.2. The number of rotatable bonds is 5. The summed E-state index contributed by atoms with van der Waals surface area (Å²) < 4.78 is 1.75. The van der Waals surface area contributed by atoms with E-state index in [1.807, 2.05) is 31.4 Å². The van der Waals surface area contributed by atoms with E-state index in [1.165, 1.54) is 12.8 Å². The number of nitrogens with zero attached hydrogens (tertiary/aromatic N) is 6. The predicted molar refractivity (Wildman–Crippen MR) is 111 cm³/mol. The first-order chi connectivity index (χ1) is 14.1. The third-order valence-electron chi connectivity index (χ3n) is 5.68. The summed E-state index contributed by atoms with van der Waals surface area (Å²) in [7, 11) is 1.88. The molecule has 3 aromatic rings. The molecule has 0 unspecified atom stereocenters. The molecular formula is C21H25N7O. The van der Waals surface area contributed by atoms with Crippen molar-refractivity contribution >= 4 is 22.6 Å². The fraction of sp³-hybridized carbons (Fsp3) is 0.429. The Morgan fingerprint density at radius 3 is 2.72 bits per heavy atom. The minimum absolute atomic E-state index is 0.0277. The van der Waals surface area contributed by atoms with Gasteiger partial charge in [0.2, 0.25) is 5.91 Å². The molecule has 1 amide bonds. The van der Waals surface area contributed by atoms with Crippen LogP contribution in [0.15, 0.2) is 36.8 Å². The highest BCUT2D eigenvalue weighted by Gasteiger charge is 2.31. The van der Waals surface area contributed by atoms with E-state index in [9.17, 15) is 4.79 Å². The summed E-state index contributed by atoms with van der Waals surface area (Å²) in [5.41, 5.74) is 2.61. The van der Waals surface area contributed by atoms with Gasteiger partial charge >= 0.3 is 0 Å². The molecule has 2 aliphatic rings. The summed E-state index contributed by atoms with van der Waals surface area (Å²) in [5, 5.41) is 8.07. The van der Waals surface area contributed by atoms with Gasteiger partial charge in [0.1, 0.15) is 5.82 Å². The van der Waals surface area contributed by atoms with E-state index >= 15 is 0 Å². The smallest absolute Gasteiger partial charge is 0.239 e. The van der Waals surface area contributed by atoms with Gasteiger partial charge in [-0.05, 0) is 25.0 Å². The molecule has 1 N–H and O–H groups in total. The van der Waals surface area contributed by atoms with Crippen molar-refractivity contribution in [2.45, 2.75) is 18.9 Å². The van der Waals surface area contributed by atoms with Crippen molar-refractivity contribution in [3.63, 3.8) is 0 Å². The summed E-state index contributed by atoms with van der Waals surface area (Å²) in [6, 6.07) is 6.58. The van der Waals surface area contributed by atoms with Crippen LogP contribution in [0.5, 0.6) is 0 Å². The topological polar surface area (TPSA) is 79.2 Å². The molecule has 1 aliphatic heterocycles. The third-order valence-corrected chi connectivity index (χ3v) is 5.68. The highest BCUT2D eigenvalue weighted by atomic mass is 16.2. The lowest BCUT2D eigenvalue weighted by Crippen LogP contribution is -2.49. The zero-order chi connectivity index (χ0) is 19.8. The summed E-state index contributed by atoms with van der Waals surface area (Å²) in [5.74, 6) is 0.509. The van der Waals surface area contributed by atoms with Gasteiger partial charge in [-0.25, -0.2) is 9.97 Å². The van der Waals surface area contributed by atoms with Crippen molar-refractivity contribution in [3.8, 4) is 11.3 Å². The van der Waals surface area contributed by atoms with Crippen LogP contribution >= 0.6 is 0 Å². The normalized spacial score (nSPS) is 18.2. The largest absolute Gasteiger partial charge is 0.310 e. The first-order valence-electron chi connectivity index (χ1n) is 10.2. The molecule has 0 atom stereocenters. The molecule has 0 bridgehead atoms. The average molecular weight is 391 g/mol. The van der Waals surface area contributed by atoms with Gasteiger partial charge in [-0.1, -0.05) is 0 Å². The van der Waals surface area contributed by atoms with Crippen molar-refractivity contribution in [2.24, 2.45) is 7.05 Å². The predicted octanol–water partition coefficient (Wildman–Crippen LogP) is 1.75. The van der Waals surface area contributed by atoms with E-state index in [1.54, 1.807) is 17.1 Å². The summed E-state index contributed by atoms with van der Waals surface area (Å²) >= 11 is 0.